The van der Waals surface area contributed by atoms with E-state index in [1.54, 1.807) is 48.5 Å². The molecule has 2 aromatic rings. The normalized spacial score (nSPS) is 11.0. The summed E-state index contributed by atoms with van der Waals surface area (Å²) < 4.78 is 18.2. The minimum absolute atomic E-state index is 0.172. The number of ether oxygens (including phenoxy) is 2. The van der Waals surface area contributed by atoms with Gasteiger partial charge in [0.25, 0.3) is 0 Å². The van der Waals surface area contributed by atoms with Crippen molar-refractivity contribution in [1.82, 2.24) is 0 Å². The number of halogens is 1. The van der Waals surface area contributed by atoms with Gasteiger partial charge in [0.1, 0.15) is 11.7 Å². The largest absolute Gasteiger partial charge is 0.496 e. The zero-order valence-corrected chi connectivity index (χ0v) is 15.5. The van der Waals surface area contributed by atoms with Crippen molar-refractivity contribution in [3.63, 3.8) is 0 Å². The van der Waals surface area contributed by atoms with Gasteiger partial charge < -0.3 is 14.0 Å². The number of ketones is 1. The van der Waals surface area contributed by atoms with Crippen molar-refractivity contribution in [3.05, 3.63) is 64.7 Å². The van der Waals surface area contributed by atoms with Gasteiger partial charge >= 0.3 is 5.97 Å². The molecule has 2 rings (SSSR count). The van der Waals surface area contributed by atoms with Crippen LogP contribution in [0.3, 0.4) is 0 Å². The minimum atomic E-state index is -1.08. The van der Waals surface area contributed by atoms with Crippen molar-refractivity contribution in [2.75, 3.05) is 14.2 Å². The first-order valence-electron chi connectivity index (χ1n) is 6.88. The number of methoxy groups -OCH3 is 2. The lowest BCUT2D eigenvalue weighted by Gasteiger charge is -2.16. The summed E-state index contributed by atoms with van der Waals surface area (Å²) in [6.45, 7) is 0. The predicted molar refractivity (Wildman–Crippen MR) is 95.3 cm³/mol. The molecule has 128 valence electrons. The summed E-state index contributed by atoms with van der Waals surface area (Å²) in [4.78, 5) is 25.0. The van der Waals surface area contributed by atoms with Crippen LogP contribution in [-0.4, -0.2) is 26.0 Å². The SMILES string of the molecule is COC(=O)C(C(=O)c1c(Cl)cccc1OC)c1ccccc1.O=[PH3]. The monoisotopic (exact) mass is 368 g/mol. The highest BCUT2D eigenvalue weighted by Gasteiger charge is 2.33. The van der Waals surface area contributed by atoms with Crippen LogP contribution in [0.4, 0.5) is 0 Å². The van der Waals surface area contributed by atoms with E-state index in [4.69, 9.17) is 25.6 Å². The van der Waals surface area contributed by atoms with Gasteiger partial charge in [0.15, 0.2) is 5.78 Å². The summed E-state index contributed by atoms with van der Waals surface area (Å²) in [5.41, 5.74) is 0.715. The van der Waals surface area contributed by atoms with Crippen molar-refractivity contribution < 1.29 is 23.6 Å². The van der Waals surface area contributed by atoms with E-state index >= 15 is 0 Å². The molecule has 0 radical (unpaired) electrons. The topological polar surface area (TPSA) is 69.7 Å². The van der Waals surface area contributed by atoms with E-state index in [-0.39, 0.29) is 10.6 Å². The van der Waals surface area contributed by atoms with Crippen molar-refractivity contribution in [2.24, 2.45) is 0 Å². The lowest BCUT2D eigenvalue weighted by molar-refractivity contribution is -0.141. The van der Waals surface area contributed by atoms with Gasteiger partial charge in [-0.05, 0) is 17.7 Å². The van der Waals surface area contributed by atoms with E-state index in [2.05, 4.69) is 0 Å². The lowest BCUT2D eigenvalue weighted by atomic mass is 9.90. The average molecular weight is 369 g/mol. The standard InChI is InChI=1S/C17H15ClO4.H3OP/c1-21-13-10-6-9-12(18)15(13)16(19)14(17(20)22-2)11-7-4-3-5-8-11;1-2/h3-10,14H,1-2H3;2H3. The summed E-state index contributed by atoms with van der Waals surface area (Å²) in [6, 6.07) is 13.6. The van der Waals surface area contributed by atoms with Crippen LogP contribution < -0.4 is 4.74 Å². The number of esters is 1. The molecular formula is C17H18ClO5P. The van der Waals surface area contributed by atoms with Gasteiger partial charge in [-0.25, -0.2) is 0 Å². The van der Waals surface area contributed by atoms with E-state index in [9.17, 15) is 9.59 Å². The molecule has 0 bridgehead atoms. The highest BCUT2D eigenvalue weighted by Crippen LogP contribution is 2.32. The van der Waals surface area contributed by atoms with Gasteiger partial charge in [-0.15, -0.1) is 0 Å². The summed E-state index contributed by atoms with van der Waals surface area (Å²) in [7, 11) is 3.30. The van der Waals surface area contributed by atoms with Gasteiger partial charge in [0, 0.05) is 0 Å². The van der Waals surface area contributed by atoms with Gasteiger partial charge in [0.2, 0.25) is 0 Å². The predicted octanol–water partition coefficient (Wildman–Crippen LogP) is 3.43. The average Bonchev–Trinajstić information content (AvgIpc) is 2.63. The van der Waals surface area contributed by atoms with Crippen LogP contribution in [0.25, 0.3) is 0 Å². The molecule has 5 nitrogen and oxygen atoms in total. The Bertz CT molecular complexity index is 705. The Balaban J connectivity index is 0.00000139. The highest BCUT2D eigenvalue weighted by atomic mass is 35.5. The molecule has 0 heterocycles. The first-order valence-corrected chi connectivity index (χ1v) is 7.84. The highest BCUT2D eigenvalue weighted by molar-refractivity contribution is 7.00. The third-order valence-corrected chi connectivity index (χ3v) is 3.59. The molecule has 0 aliphatic rings. The maximum Gasteiger partial charge on any atom is 0.321 e. The molecule has 0 aromatic heterocycles. The van der Waals surface area contributed by atoms with Gasteiger partial charge in [-0.2, -0.15) is 0 Å². The maximum absolute atomic E-state index is 12.9. The molecule has 0 saturated carbocycles. The number of carbonyl (C=O) groups excluding carboxylic acids is 2. The van der Waals surface area contributed by atoms with Crippen LogP contribution >= 0.6 is 20.7 Å². The zero-order chi connectivity index (χ0) is 18.1. The molecule has 0 fully saturated rings. The second-order valence-corrected chi connectivity index (χ2v) is 4.96. The summed E-state index contributed by atoms with van der Waals surface area (Å²) in [5, 5.41) is 0.231. The minimum Gasteiger partial charge on any atom is -0.496 e. The Morgan fingerprint density at radius 3 is 2.17 bits per heavy atom. The molecule has 0 spiro atoms. The van der Waals surface area contributed by atoms with Gasteiger partial charge in [-0.1, -0.05) is 48.0 Å². The first kappa shape index (κ1) is 19.9. The summed E-state index contributed by atoms with van der Waals surface area (Å²) in [5.74, 6) is -1.86. The molecule has 2 aromatic carbocycles. The van der Waals surface area contributed by atoms with Crippen molar-refractivity contribution >= 4 is 32.5 Å². The Labute approximate surface area is 147 Å². The molecule has 0 N–H and O–H groups in total. The second-order valence-electron chi connectivity index (χ2n) is 4.55. The van der Waals surface area contributed by atoms with Crippen LogP contribution in [0.1, 0.15) is 21.8 Å². The quantitative estimate of drug-likeness (QED) is 0.350. The fourth-order valence-electron chi connectivity index (χ4n) is 2.22. The number of carbonyl (C=O) groups is 2. The third-order valence-electron chi connectivity index (χ3n) is 3.27. The summed E-state index contributed by atoms with van der Waals surface area (Å²) in [6.07, 6.45) is 0. The molecule has 0 amide bonds. The molecule has 2 unspecified atom stereocenters. The van der Waals surface area contributed by atoms with Crippen LogP contribution in [0, 0.1) is 0 Å². The molecule has 0 aliphatic heterocycles. The summed E-state index contributed by atoms with van der Waals surface area (Å²) >= 11 is 6.13. The van der Waals surface area contributed by atoms with Crippen LogP contribution in [0.5, 0.6) is 5.75 Å². The second kappa shape index (κ2) is 9.91. The van der Waals surface area contributed by atoms with E-state index in [0.717, 1.165) is 0 Å². The fraction of sp³-hybridized carbons (Fsp3) is 0.176. The zero-order valence-electron chi connectivity index (χ0n) is 13.3. The molecule has 7 heteroatoms. The fourth-order valence-corrected chi connectivity index (χ4v) is 2.47. The van der Waals surface area contributed by atoms with E-state index < -0.39 is 17.7 Å². The van der Waals surface area contributed by atoms with Crippen molar-refractivity contribution in [1.29, 1.82) is 0 Å². The lowest BCUT2D eigenvalue weighted by Crippen LogP contribution is -2.24. The Kier molecular flexibility index (Phi) is 8.24. The van der Waals surface area contributed by atoms with Crippen molar-refractivity contribution in [2.45, 2.75) is 5.92 Å². The molecule has 0 saturated heterocycles. The van der Waals surface area contributed by atoms with E-state index in [1.165, 1.54) is 14.2 Å². The van der Waals surface area contributed by atoms with Crippen molar-refractivity contribution in [3.8, 4) is 5.75 Å². The number of Topliss-reactive ketones (excluding diaryl/α,β-unsaturated/α-hetero) is 1. The van der Waals surface area contributed by atoms with Crippen LogP contribution in [-0.2, 0) is 14.1 Å². The Hall–Kier alpha value is -2.10. The van der Waals surface area contributed by atoms with Gasteiger partial charge in [0.05, 0.1) is 33.9 Å². The number of benzene rings is 2. The maximum atomic E-state index is 12.9. The van der Waals surface area contributed by atoms with Crippen LogP contribution in [0.15, 0.2) is 48.5 Å². The van der Waals surface area contributed by atoms with E-state index in [1.807, 2.05) is 0 Å². The molecule has 24 heavy (non-hydrogen) atoms. The smallest absolute Gasteiger partial charge is 0.321 e. The van der Waals surface area contributed by atoms with E-state index in [0.29, 0.717) is 20.4 Å². The molecule has 0 aliphatic carbocycles. The third kappa shape index (κ3) is 4.47. The van der Waals surface area contributed by atoms with Gasteiger partial charge in [-0.3, -0.25) is 9.59 Å². The Morgan fingerprint density at radius 2 is 1.62 bits per heavy atom. The first-order chi connectivity index (χ1) is 11.6. The number of hydrogen-bond donors (Lipinski definition) is 0. The molecular weight excluding hydrogens is 351 g/mol. The molecule has 2 atom stereocenters. The van der Waals surface area contributed by atoms with Crippen LogP contribution in [0.2, 0.25) is 5.02 Å². The number of rotatable bonds is 5. The number of hydrogen-bond acceptors (Lipinski definition) is 5. The Morgan fingerprint density at radius 1 is 1.00 bits per heavy atom.